The highest BCUT2D eigenvalue weighted by Crippen LogP contribution is 2.39. The average Bonchev–Trinajstić information content (AvgIpc) is 2.35. The van der Waals surface area contributed by atoms with Crippen molar-refractivity contribution in [2.45, 2.75) is 52.0 Å². The van der Waals surface area contributed by atoms with Gasteiger partial charge in [0.1, 0.15) is 5.82 Å². The lowest BCUT2D eigenvalue weighted by Gasteiger charge is -2.41. The van der Waals surface area contributed by atoms with Crippen LogP contribution in [0.5, 0.6) is 0 Å². The van der Waals surface area contributed by atoms with Crippen LogP contribution in [0.25, 0.3) is 0 Å². The number of halogens is 1. The smallest absolute Gasteiger partial charge is 0.126 e. The van der Waals surface area contributed by atoms with Gasteiger partial charge in [-0.05, 0) is 55.6 Å². The quantitative estimate of drug-likeness (QED) is 0.870. The van der Waals surface area contributed by atoms with E-state index in [-0.39, 0.29) is 11.4 Å². The SMILES string of the molecule is CC1CCC(C(C)(N)Cc2ccccc2F)CC1C. The van der Waals surface area contributed by atoms with Crippen LogP contribution in [0.15, 0.2) is 24.3 Å². The second-order valence-electron chi connectivity index (χ2n) is 6.74. The summed E-state index contributed by atoms with van der Waals surface area (Å²) in [6.45, 7) is 6.73. The molecule has 0 saturated heterocycles. The Hall–Kier alpha value is -0.890. The molecule has 0 aliphatic heterocycles. The minimum Gasteiger partial charge on any atom is -0.325 e. The topological polar surface area (TPSA) is 26.0 Å². The van der Waals surface area contributed by atoms with Gasteiger partial charge >= 0.3 is 0 Å². The van der Waals surface area contributed by atoms with E-state index in [0.717, 1.165) is 17.4 Å². The molecule has 1 fully saturated rings. The minimum absolute atomic E-state index is 0.128. The molecule has 1 saturated carbocycles. The normalized spacial score (nSPS) is 30.9. The molecule has 0 radical (unpaired) electrons. The van der Waals surface area contributed by atoms with Crippen LogP contribution in [0, 0.1) is 23.6 Å². The van der Waals surface area contributed by atoms with Crippen LogP contribution in [0.3, 0.4) is 0 Å². The number of rotatable bonds is 3. The average molecular weight is 263 g/mol. The molecule has 2 heteroatoms. The molecular weight excluding hydrogens is 237 g/mol. The van der Waals surface area contributed by atoms with Crippen LogP contribution in [-0.4, -0.2) is 5.54 Å². The van der Waals surface area contributed by atoms with Gasteiger partial charge in [0, 0.05) is 5.54 Å². The lowest BCUT2D eigenvalue weighted by atomic mass is 9.67. The third-order valence-electron chi connectivity index (χ3n) is 5.06. The predicted molar refractivity (Wildman–Crippen MR) is 78.4 cm³/mol. The first-order valence-corrected chi connectivity index (χ1v) is 7.42. The number of nitrogens with two attached hydrogens (primary N) is 1. The highest BCUT2D eigenvalue weighted by Gasteiger charge is 2.36. The fraction of sp³-hybridized carbons (Fsp3) is 0.647. The zero-order valence-corrected chi connectivity index (χ0v) is 12.3. The Kier molecular flexibility index (Phi) is 4.29. The van der Waals surface area contributed by atoms with Crippen molar-refractivity contribution in [2.24, 2.45) is 23.5 Å². The number of benzene rings is 1. The van der Waals surface area contributed by atoms with Crippen molar-refractivity contribution in [3.8, 4) is 0 Å². The lowest BCUT2D eigenvalue weighted by molar-refractivity contribution is 0.141. The molecule has 4 atom stereocenters. The van der Waals surface area contributed by atoms with E-state index in [9.17, 15) is 4.39 Å². The van der Waals surface area contributed by atoms with E-state index in [1.807, 2.05) is 12.1 Å². The highest BCUT2D eigenvalue weighted by molar-refractivity contribution is 5.20. The summed E-state index contributed by atoms with van der Waals surface area (Å²) >= 11 is 0. The molecule has 1 aromatic rings. The molecule has 1 aromatic carbocycles. The Bertz CT molecular complexity index is 427. The molecule has 1 aliphatic carbocycles. The fourth-order valence-corrected chi connectivity index (χ4v) is 3.34. The van der Waals surface area contributed by atoms with E-state index in [1.165, 1.54) is 25.3 Å². The molecule has 2 N–H and O–H groups in total. The molecule has 19 heavy (non-hydrogen) atoms. The summed E-state index contributed by atoms with van der Waals surface area (Å²) in [4.78, 5) is 0. The Morgan fingerprint density at radius 3 is 2.53 bits per heavy atom. The van der Waals surface area contributed by atoms with Crippen molar-refractivity contribution in [1.29, 1.82) is 0 Å². The Morgan fingerprint density at radius 2 is 1.89 bits per heavy atom. The maximum absolute atomic E-state index is 13.8. The lowest BCUT2D eigenvalue weighted by Crippen LogP contribution is -2.48. The van der Waals surface area contributed by atoms with Crippen molar-refractivity contribution in [1.82, 2.24) is 0 Å². The molecule has 106 valence electrons. The number of hydrogen-bond acceptors (Lipinski definition) is 1. The van der Waals surface area contributed by atoms with Gasteiger partial charge in [-0.3, -0.25) is 0 Å². The summed E-state index contributed by atoms with van der Waals surface area (Å²) in [5.41, 5.74) is 6.97. The van der Waals surface area contributed by atoms with Gasteiger partial charge in [-0.1, -0.05) is 38.5 Å². The Morgan fingerprint density at radius 1 is 1.21 bits per heavy atom. The predicted octanol–water partition coefficient (Wildman–Crippen LogP) is 4.16. The van der Waals surface area contributed by atoms with E-state index in [1.54, 1.807) is 6.07 Å². The number of hydrogen-bond donors (Lipinski definition) is 1. The largest absolute Gasteiger partial charge is 0.325 e. The molecule has 0 aromatic heterocycles. The monoisotopic (exact) mass is 263 g/mol. The maximum atomic E-state index is 13.8. The van der Waals surface area contributed by atoms with E-state index < -0.39 is 0 Å². The van der Waals surface area contributed by atoms with E-state index in [0.29, 0.717) is 12.3 Å². The van der Waals surface area contributed by atoms with Crippen LogP contribution < -0.4 is 5.73 Å². The maximum Gasteiger partial charge on any atom is 0.126 e. The van der Waals surface area contributed by atoms with Crippen LogP contribution in [0.2, 0.25) is 0 Å². The van der Waals surface area contributed by atoms with Gasteiger partial charge in [-0.15, -0.1) is 0 Å². The van der Waals surface area contributed by atoms with Crippen LogP contribution >= 0.6 is 0 Å². The van der Waals surface area contributed by atoms with Crippen molar-refractivity contribution >= 4 is 0 Å². The zero-order valence-electron chi connectivity index (χ0n) is 12.3. The summed E-state index contributed by atoms with van der Waals surface area (Å²) in [5, 5.41) is 0. The molecule has 0 bridgehead atoms. The molecular formula is C17H26FN. The first-order valence-electron chi connectivity index (χ1n) is 7.42. The van der Waals surface area contributed by atoms with Crippen molar-refractivity contribution < 1.29 is 4.39 Å². The van der Waals surface area contributed by atoms with Gasteiger partial charge in [0.05, 0.1) is 0 Å². The Labute approximate surface area is 116 Å². The summed E-state index contributed by atoms with van der Waals surface area (Å²) in [7, 11) is 0. The van der Waals surface area contributed by atoms with Crippen LogP contribution in [0.1, 0.15) is 45.6 Å². The summed E-state index contributed by atoms with van der Waals surface area (Å²) in [5.74, 6) is 1.89. The van der Waals surface area contributed by atoms with E-state index in [4.69, 9.17) is 5.73 Å². The molecule has 1 nitrogen and oxygen atoms in total. The van der Waals surface area contributed by atoms with Gasteiger partial charge in [-0.25, -0.2) is 4.39 Å². The van der Waals surface area contributed by atoms with Gasteiger partial charge in [-0.2, -0.15) is 0 Å². The van der Waals surface area contributed by atoms with Gasteiger partial charge < -0.3 is 5.73 Å². The fourth-order valence-electron chi connectivity index (χ4n) is 3.34. The van der Waals surface area contributed by atoms with E-state index >= 15 is 0 Å². The molecule has 4 unspecified atom stereocenters. The highest BCUT2D eigenvalue weighted by atomic mass is 19.1. The Balaban J connectivity index is 2.08. The third kappa shape index (κ3) is 3.36. The summed E-state index contributed by atoms with van der Waals surface area (Å²) in [6, 6.07) is 7.00. The van der Waals surface area contributed by atoms with Gasteiger partial charge in [0.15, 0.2) is 0 Å². The zero-order chi connectivity index (χ0) is 14.0. The van der Waals surface area contributed by atoms with E-state index in [2.05, 4.69) is 20.8 Å². The third-order valence-corrected chi connectivity index (χ3v) is 5.06. The van der Waals surface area contributed by atoms with Crippen LogP contribution in [0.4, 0.5) is 4.39 Å². The molecule has 0 amide bonds. The first-order chi connectivity index (χ1) is 8.90. The molecule has 0 spiro atoms. The molecule has 0 heterocycles. The summed E-state index contributed by atoms with van der Waals surface area (Å²) in [6.07, 6.45) is 4.22. The van der Waals surface area contributed by atoms with Crippen LogP contribution in [-0.2, 0) is 6.42 Å². The minimum atomic E-state index is -0.309. The second kappa shape index (κ2) is 5.62. The van der Waals surface area contributed by atoms with Gasteiger partial charge in [0.25, 0.3) is 0 Å². The first kappa shape index (κ1) is 14.5. The standard InChI is InChI=1S/C17H26FN/c1-12-8-9-15(10-13(12)2)17(3,19)11-14-6-4-5-7-16(14)18/h4-7,12-13,15H,8-11,19H2,1-3H3. The summed E-state index contributed by atoms with van der Waals surface area (Å²) < 4.78 is 13.8. The van der Waals surface area contributed by atoms with Crippen molar-refractivity contribution in [2.75, 3.05) is 0 Å². The molecule has 1 aliphatic rings. The van der Waals surface area contributed by atoms with Crippen molar-refractivity contribution in [3.63, 3.8) is 0 Å². The van der Waals surface area contributed by atoms with Gasteiger partial charge in [0.2, 0.25) is 0 Å². The molecule has 2 rings (SSSR count). The van der Waals surface area contributed by atoms with Crippen molar-refractivity contribution in [3.05, 3.63) is 35.6 Å². The second-order valence-corrected chi connectivity index (χ2v) is 6.74.